The van der Waals surface area contributed by atoms with Crippen molar-refractivity contribution in [3.8, 4) is 11.5 Å². The predicted molar refractivity (Wildman–Crippen MR) is 132 cm³/mol. The summed E-state index contributed by atoms with van der Waals surface area (Å²) in [5.41, 5.74) is -4.59. The van der Waals surface area contributed by atoms with E-state index in [4.69, 9.17) is 9.47 Å². The Morgan fingerprint density at radius 3 is 1.13 bits per heavy atom. The van der Waals surface area contributed by atoms with Gasteiger partial charge >= 0.3 is 12.4 Å². The summed E-state index contributed by atoms with van der Waals surface area (Å²) in [6.07, 6.45) is -13.1. The van der Waals surface area contributed by atoms with Crippen molar-refractivity contribution in [1.29, 1.82) is 0 Å². The Morgan fingerprint density at radius 2 is 0.846 bits per heavy atom. The van der Waals surface area contributed by atoms with Crippen molar-refractivity contribution in [3.63, 3.8) is 0 Å². The summed E-state index contributed by atoms with van der Waals surface area (Å²) in [7, 11) is 2.28. The van der Waals surface area contributed by atoms with Gasteiger partial charge in [0.15, 0.2) is 22.7 Å². The molecule has 4 nitrogen and oxygen atoms in total. The molecule has 0 heterocycles. The first kappa shape index (κ1) is 28.8. The molecule has 39 heavy (non-hydrogen) atoms. The highest BCUT2D eigenvalue weighted by Crippen LogP contribution is 2.44. The summed E-state index contributed by atoms with van der Waals surface area (Å²) in [4.78, 5) is 0. The normalized spacial score (nSPS) is 22.3. The standard InChI is InChI=1S/C29H28F6O4/c1-38-24-22-11-12-23(25(24)39-2)17-27(37,29(33,34)35)15-21-9-5-19(6-10-21)13-18-3-7-20(8-4-18)14-26(36,16-22)28(30,31)32/h3-12,36-37H,13-17H2,1-2H3. The Kier molecular flexibility index (Phi) is 7.66. The number of halogens is 6. The summed E-state index contributed by atoms with van der Waals surface area (Å²) in [5, 5.41) is 21.8. The van der Waals surface area contributed by atoms with Crippen LogP contribution >= 0.6 is 0 Å². The fourth-order valence-electron chi connectivity index (χ4n) is 4.99. The van der Waals surface area contributed by atoms with Crippen LogP contribution in [0.25, 0.3) is 0 Å². The summed E-state index contributed by atoms with van der Waals surface area (Å²) < 4.78 is 95.9. The molecule has 2 unspecified atom stereocenters. The van der Waals surface area contributed by atoms with Crippen molar-refractivity contribution >= 4 is 0 Å². The highest BCUT2D eigenvalue weighted by molar-refractivity contribution is 5.53. The lowest BCUT2D eigenvalue weighted by Gasteiger charge is -2.33. The number of hydrogen-bond acceptors (Lipinski definition) is 4. The fraction of sp³-hybridized carbons (Fsp3) is 0.379. The first-order chi connectivity index (χ1) is 18.2. The number of benzene rings is 3. The van der Waals surface area contributed by atoms with Crippen molar-refractivity contribution in [2.45, 2.75) is 55.7 Å². The molecule has 0 fully saturated rings. The second kappa shape index (κ2) is 10.4. The van der Waals surface area contributed by atoms with Gasteiger partial charge in [-0.15, -0.1) is 0 Å². The monoisotopic (exact) mass is 554 g/mol. The largest absolute Gasteiger partial charge is 0.493 e. The van der Waals surface area contributed by atoms with Gasteiger partial charge in [0, 0.05) is 36.8 Å². The van der Waals surface area contributed by atoms with Gasteiger partial charge in [0.2, 0.25) is 0 Å². The van der Waals surface area contributed by atoms with Crippen LogP contribution in [0, 0.1) is 0 Å². The van der Waals surface area contributed by atoms with Gasteiger partial charge in [0.05, 0.1) is 14.2 Å². The van der Waals surface area contributed by atoms with Gasteiger partial charge in [-0.2, -0.15) is 26.3 Å². The number of rotatable bonds is 2. The molecule has 3 aromatic rings. The van der Waals surface area contributed by atoms with Crippen molar-refractivity contribution < 1.29 is 46.0 Å². The van der Waals surface area contributed by atoms with Crippen LogP contribution in [0.15, 0.2) is 60.7 Å². The first-order valence-corrected chi connectivity index (χ1v) is 12.1. The first-order valence-electron chi connectivity index (χ1n) is 12.1. The van der Waals surface area contributed by atoms with E-state index in [1.54, 1.807) is 24.3 Å². The van der Waals surface area contributed by atoms with Crippen molar-refractivity contribution in [2.75, 3.05) is 14.2 Å². The summed E-state index contributed by atoms with van der Waals surface area (Å²) in [5.74, 6) is -0.500. The maximum Gasteiger partial charge on any atom is 0.417 e. The van der Waals surface area contributed by atoms with E-state index in [0.29, 0.717) is 6.42 Å². The van der Waals surface area contributed by atoms with E-state index in [2.05, 4.69) is 0 Å². The molecule has 6 bridgehead atoms. The molecule has 0 amide bonds. The van der Waals surface area contributed by atoms with Crippen LogP contribution in [0.5, 0.6) is 11.5 Å². The lowest BCUT2D eigenvalue weighted by atomic mass is 9.84. The van der Waals surface area contributed by atoms with Gasteiger partial charge in [-0.1, -0.05) is 60.7 Å². The third-order valence-corrected chi connectivity index (χ3v) is 7.15. The third-order valence-electron chi connectivity index (χ3n) is 7.15. The highest BCUT2D eigenvalue weighted by atomic mass is 19.4. The molecule has 0 saturated heterocycles. The lowest BCUT2D eigenvalue weighted by molar-refractivity contribution is -0.259. The third kappa shape index (κ3) is 5.86. The van der Waals surface area contributed by atoms with Gasteiger partial charge in [-0.05, 0) is 28.7 Å². The molecule has 0 spiro atoms. The van der Waals surface area contributed by atoms with Gasteiger partial charge in [0.1, 0.15) is 0 Å². The molecule has 0 aliphatic heterocycles. The maximum atomic E-state index is 14.2. The second-order valence-electron chi connectivity index (χ2n) is 10.0. The Labute approximate surface area is 221 Å². The van der Waals surface area contributed by atoms with E-state index in [0.717, 1.165) is 37.5 Å². The topological polar surface area (TPSA) is 58.9 Å². The molecule has 2 atom stereocenters. The van der Waals surface area contributed by atoms with E-state index >= 15 is 0 Å². The molecule has 8 rings (SSSR count). The summed E-state index contributed by atoms with van der Waals surface area (Å²) >= 11 is 0. The molecular weight excluding hydrogens is 526 g/mol. The van der Waals surface area contributed by atoms with Gasteiger partial charge in [0.25, 0.3) is 0 Å². The molecule has 3 aromatic carbocycles. The van der Waals surface area contributed by atoms with Crippen LogP contribution in [0.4, 0.5) is 26.3 Å². The average molecular weight is 555 g/mol. The van der Waals surface area contributed by atoms with Crippen LogP contribution in [0.2, 0.25) is 0 Å². The van der Waals surface area contributed by atoms with Crippen LogP contribution in [-0.4, -0.2) is 48.0 Å². The van der Waals surface area contributed by atoms with Crippen molar-refractivity contribution in [1.82, 2.24) is 0 Å². The zero-order chi connectivity index (χ0) is 28.6. The lowest BCUT2D eigenvalue weighted by Crippen LogP contribution is -2.49. The number of ether oxygens (including phenoxy) is 2. The SMILES string of the molecule is COc1c2ccc(c1OC)CC(O)(C(F)(F)F)Cc1ccc(cc1)Cc1ccc(cc1)CC(O)(C(F)(F)F)C2. The number of aliphatic hydroxyl groups is 2. The van der Waals surface area contributed by atoms with Crippen LogP contribution in [-0.2, 0) is 32.1 Å². The quantitative estimate of drug-likeness (QED) is 0.396. The molecule has 0 aromatic heterocycles. The Balaban J connectivity index is 1.91. The smallest absolute Gasteiger partial charge is 0.417 e. The molecule has 0 saturated carbocycles. The molecule has 210 valence electrons. The highest BCUT2D eigenvalue weighted by Gasteiger charge is 2.55. The number of fused-ring (bicyclic) bond motifs is 1. The number of methoxy groups -OCH3 is 2. The van der Waals surface area contributed by atoms with Crippen LogP contribution < -0.4 is 9.47 Å². The van der Waals surface area contributed by atoms with E-state index < -0.39 is 49.2 Å². The fourth-order valence-corrected chi connectivity index (χ4v) is 4.99. The van der Waals surface area contributed by atoms with Crippen molar-refractivity contribution in [3.05, 3.63) is 94.0 Å². The molecule has 5 aliphatic rings. The van der Waals surface area contributed by atoms with E-state index in [-0.39, 0.29) is 33.8 Å². The van der Waals surface area contributed by atoms with Gasteiger partial charge in [-0.3, -0.25) is 0 Å². The Bertz CT molecular complexity index is 1200. The van der Waals surface area contributed by atoms with Crippen LogP contribution in [0.1, 0.15) is 33.4 Å². The van der Waals surface area contributed by atoms with Gasteiger partial charge in [-0.25, -0.2) is 0 Å². The van der Waals surface area contributed by atoms with E-state index in [9.17, 15) is 36.6 Å². The maximum absolute atomic E-state index is 14.2. The van der Waals surface area contributed by atoms with Crippen molar-refractivity contribution in [2.24, 2.45) is 0 Å². The molecule has 10 heteroatoms. The minimum Gasteiger partial charge on any atom is -0.493 e. The Morgan fingerprint density at radius 1 is 0.538 bits per heavy atom. The van der Waals surface area contributed by atoms with Crippen LogP contribution in [0.3, 0.4) is 0 Å². The molecule has 0 radical (unpaired) electrons. The number of alkyl halides is 6. The minimum absolute atomic E-state index is 0.113. The molecule has 5 aliphatic carbocycles. The summed E-state index contributed by atoms with van der Waals surface area (Å²) in [6.45, 7) is 0. The second-order valence-corrected chi connectivity index (χ2v) is 10.0. The predicted octanol–water partition coefficient (Wildman–Crippen LogP) is 5.77. The van der Waals surface area contributed by atoms with E-state index in [1.807, 2.05) is 0 Å². The average Bonchev–Trinajstić information content (AvgIpc) is 2.85. The Hall–Kier alpha value is -3.24. The zero-order valence-corrected chi connectivity index (χ0v) is 21.3. The summed E-state index contributed by atoms with van der Waals surface area (Å²) in [6, 6.07) is 15.0. The molecular formula is C29H28F6O4. The van der Waals surface area contributed by atoms with Gasteiger partial charge < -0.3 is 19.7 Å². The number of hydrogen-bond donors (Lipinski definition) is 2. The van der Waals surface area contributed by atoms with E-state index in [1.165, 1.54) is 24.3 Å². The molecule has 2 N–H and O–H groups in total. The minimum atomic E-state index is -5.04. The zero-order valence-electron chi connectivity index (χ0n) is 21.3.